The van der Waals surface area contributed by atoms with E-state index in [0.717, 1.165) is 6.42 Å². The third kappa shape index (κ3) is 7.66. The summed E-state index contributed by atoms with van der Waals surface area (Å²) in [6.45, 7) is 14.1. The van der Waals surface area contributed by atoms with Gasteiger partial charge in [0.15, 0.2) is 0 Å². The zero-order valence-corrected chi connectivity index (χ0v) is 36.1. The molecule has 0 saturated heterocycles. The van der Waals surface area contributed by atoms with Gasteiger partial charge in [0, 0.05) is 0 Å². The Morgan fingerprint density at radius 1 is 0.500 bits per heavy atom. The predicted octanol–water partition coefficient (Wildman–Crippen LogP) is 7.15. The van der Waals surface area contributed by atoms with E-state index in [1.165, 1.54) is 66.8 Å². The molecular formula is C51H48Cl2Zr. The van der Waals surface area contributed by atoms with Crippen molar-refractivity contribution in [2.75, 3.05) is 0 Å². The summed E-state index contributed by atoms with van der Waals surface area (Å²) in [6.07, 6.45) is 3.63. The van der Waals surface area contributed by atoms with Gasteiger partial charge in [0.25, 0.3) is 0 Å². The van der Waals surface area contributed by atoms with Crippen LogP contribution >= 0.6 is 0 Å². The van der Waals surface area contributed by atoms with E-state index in [0.29, 0.717) is 3.63 Å². The fraction of sp³-hybridized carbons (Fsp3) is 0.196. The summed E-state index contributed by atoms with van der Waals surface area (Å²) in [4.78, 5) is 0. The van der Waals surface area contributed by atoms with E-state index >= 15 is 0 Å². The van der Waals surface area contributed by atoms with Crippen LogP contribution in [0, 0.1) is 0 Å². The summed E-state index contributed by atoms with van der Waals surface area (Å²) in [5.74, 6) is 0. The van der Waals surface area contributed by atoms with E-state index in [9.17, 15) is 0 Å². The van der Waals surface area contributed by atoms with Gasteiger partial charge < -0.3 is 24.8 Å². The van der Waals surface area contributed by atoms with Crippen molar-refractivity contribution in [3.05, 3.63) is 212 Å². The van der Waals surface area contributed by atoms with Gasteiger partial charge in [-0.3, -0.25) is 0 Å². The minimum Gasteiger partial charge on any atom is -1.00 e. The third-order valence-electron chi connectivity index (χ3n) is 11.0. The van der Waals surface area contributed by atoms with Crippen molar-refractivity contribution >= 4 is 14.4 Å². The molecule has 0 aliphatic heterocycles. The molecule has 0 unspecified atom stereocenters. The van der Waals surface area contributed by atoms with Gasteiger partial charge >= 0.3 is 321 Å². The molecule has 0 bridgehead atoms. The maximum atomic E-state index is 2.65. The molecule has 54 heavy (non-hydrogen) atoms. The molecule has 2 aliphatic carbocycles. The van der Waals surface area contributed by atoms with Crippen molar-refractivity contribution in [3.8, 4) is 11.1 Å². The van der Waals surface area contributed by atoms with Crippen molar-refractivity contribution in [1.29, 1.82) is 0 Å². The van der Waals surface area contributed by atoms with Crippen LogP contribution in [0.3, 0.4) is 0 Å². The van der Waals surface area contributed by atoms with E-state index in [2.05, 4.69) is 205 Å². The van der Waals surface area contributed by atoms with Crippen molar-refractivity contribution < 1.29 is 46.1 Å². The Balaban J connectivity index is 0.00000249. The van der Waals surface area contributed by atoms with Crippen LogP contribution in [0.1, 0.15) is 96.1 Å². The summed E-state index contributed by atoms with van der Waals surface area (Å²) in [5.41, 5.74) is 17.0. The first kappa shape index (κ1) is 39.8. The second-order valence-electron chi connectivity index (χ2n) is 16.5. The van der Waals surface area contributed by atoms with E-state index in [-0.39, 0.29) is 35.6 Å². The van der Waals surface area contributed by atoms with Gasteiger partial charge in [0.1, 0.15) is 0 Å². The van der Waals surface area contributed by atoms with Crippen molar-refractivity contribution in [2.24, 2.45) is 0 Å². The minimum atomic E-state index is -3.03. The van der Waals surface area contributed by atoms with Crippen molar-refractivity contribution in [2.45, 2.75) is 62.4 Å². The van der Waals surface area contributed by atoms with Crippen LogP contribution in [-0.2, 0) is 32.1 Å². The first-order valence-electron chi connectivity index (χ1n) is 18.8. The second-order valence-corrected chi connectivity index (χ2v) is 22.8. The van der Waals surface area contributed by atoms with Gasteiger partial charge in [0.2, 0.25) is 0 Å². The Hall–Kier alpha value is -3.87. The fourth-order valence-electron chi connectivity index (χ4n) is 8.23. The van der Waals surface area contributed by atoms with Crippen LogP contribution in [-0.4, -0.2) is 3.21 Å². The van der Waals surface area contributed by atoms with Crippen LogP contribution in [0.4, 0.5) is 0 Å². The maximum Gasteiger partial charge on any atom is -1.00 e. The Labute approximate surface area is 343 Å². The topological polar surface area (TPSA) is 0 Å². The number of hydrogen-bond acceptors (Lipinski definition) is 0. The van der Waals surface area contributed by atoms with Gasteiger partial charge in [-0.1, -0.05) is 0 Å². The first-order valence-corrected chi connectivity index (χ1v) is 22.6. The van der Waals surface area contributed by atoms with E-state index in [1.807, 2.05) is 0 Å². The number of halogens is 2. The molecule has 8 rings (SSSR count). The smallest absolute Gasteiger partial charge is 1.00 e. The molecule has 0 N–H and O–H groups in total. The number of rotatable bonds is 6. The molecule has 0 nitrogen and oxygen atoms in total. The van der Waals surface area contributed by atoms with Gasteiger partial charge in [0.05, 0.1) is 0 Å². The Morgan fingerprint density at radius 3 is 1.33 bits per heavy atom. The molecule has 3 heteroatoms. The van der Waals surface area contributed by atoms with Crippen LogP contribution in [0.25, 0.3) is 22.3 Å². The number of benzene rings is 6. The van der Waals surface area contributed by atoms with Crippen LogP contribution in [0.2, 0.25) is 0 Å². The summed E-state index contributed by atoms with van der Waals surface area (Å²) >= 11 is -3.03. The predicted molar refractivity (Wildman–Crippen MR) is 220 cm³/mol. The average molecular weight is 823 g/mol. The molecule has 0 heterocycles. The van der Waals surface area contributed by atoms with Gasteiger partial charge in [-0.25, -0.2) is 0 Å². The Kier molecular flexibility index (Phi) is 11.9. The Morgan fingerprint density at radius 2 is 0.907 bits per heavy atom. The van der Waals surface area contributed by atoms with Crippen molar-refractivity contribution in [1.82, 2.24) is 0 Å². The monoisotopic (exact) mass is 820 g/mol. The standard InChI is InChI=1S/C21H25.C17H13.C13H10.2ClH.Zr/c1-20(2,3)16-7-9-18-14(12-16)11-15-13-17(21(4,5)6)8-10-19(15)18;1-3-8-14(9-4-1)16-12-7-13-17(16)15-10-5-2-6-11-15;1-3-7-12(8-4-1)11-13-9-5-2-6-10-13;;;/h7-13H,1-6H3;1-6,8-12H,13H2;1-10H;2*1H;/q;;;;;+2/p-2. The molecule has 0 saturated carbocycles. The normalized spacial score (nSPS) is 13.5. The number of allylic oxidation sites excluding steroid dienone is 4. The molecule has 6 aromatic rings. The molecule has 6 aromatic carbocycles. The van der Waals surface area contributed by atoms with E-state index in [1.54, 1.807) is 6.49 Å². The van der Waals surface area contributed by atoms with Crippen LogP contribution < -0.4 is 24.8 Å². The SMILES string of the molecule is CC(C)(C)c1ccc2c(c1)[CH]([Zr+2]([C]1=CC(c3ccccc3)=C(c3ccccc3)C1)=[C](c1ccccc1)c1ccccc1)c1cc(C(C)(C)C)ccc1-2.[Cl-].[Cl-]. The average Bonchev–Trinajstić information content (AvgIpc) is 3.74. The van der Waals surface area contributed by atoms with E-state index in [4.69, 9.17) is 0 Å². The summed E-state index contributed by atoms with van der Waals surface area (Å²) < 4.78 is 3.57. The molecule has 0 radical (unpaired) electrons. The fourth-order valence-corrected chi connectivity index (χ4v) is 17.3. The molecule has 0 fully saturated rings. The summed E-state index contributed by atoms with van der Waals surface area (Å²) in [6, 6.07) is 59.9. The summed E-state index contributed by atoms with van der Waals surface area (Å²) in [7, 11) is 0. The number of hydrogen-bond donors (Lipinski definition) is 0. The molecule has 0 spiro atoms. The quantitative estimate of drug-likeness (QED) is 0.168. The molecular weight excluding hydrogens is 775 g/mol. The van der Waals surface area contributed by atoms with Gasteiger partial charge in [-0.05, 0) is 0 Å². The third-order valence-corrected chi connectivity index (χ3v) is 19.2. The second kappa shape index (κ2) is 16.1. The first-order chi connectivity index (χ1) is 25.1. The van der Waals surface area contributed by atoms with Crippen LogP contribution in [0.15, 0.2) is 167 Å². The van der Waals surface area contributed by atoms with E-state index < -0.39 is 21.3 Å². The zero-order chi connectivity index (χ0) is 36.0. The summed E-state index contributed by atoms with van der Waals surface area (Å²) in [5, 5.41) is 0. The Bertz CT molecular complexity index is 2250. The molecule has 2 aliphatic rings. The van der Waals surface area contributed by atoms with Crippen LogP contribution in [0.5, 0.6) is 0 Å². The molecule has 0 amide bonds. The largest absolute Gasteiger partial charge is 1.00 e. The van der Waals surface area contributed by atoms with Gasteiger partial charge in [-0.2, -0.15) is 0 Å². The number of fused-ring (bicyclic) bond motifs is 3. The minimum absolute atomic E-state index is 0. The zero-order valence-electron chi connectivity index (χ0n) is 32.1. The van der Waals surface area contributed by atoms with Gasteiger partial charge in [-0.15, -0.1) is 0 Å². The maximum absolute atomic E-state index is 3.03. The van der Waals surface area contributed by atoms with Crippen molar-refractivity contribution in [3.63, 3.8) is 0 Å². The molecule has 270 valence electrons. The molecule has 0 atom stereocenters. The molecule has 0 aromatic heterocycles.